The molecule has 1 aromatic rings. The third-order valence-corrected chi connectivity index (χ3v) is 6.67. The Kier molecular flexibility index (Phi) is 2.13. The Balaban J connectivity index is 1.61. The maximum atomic E-state index is 13.0. The Morgan fingerprint density at radius 2 is 1.59 bits per heavy atom. The molecule has 2 amide bonds. The summed E-state index contributed by atoms with van der Waals surface area (Å²) in [5, 5.41) is 0. The zero-order chi connectivity index (χ0) is 15.2. The average molecular weight is 293 g/mol. The third kappa shape index (κ3) is 1.21. The van der Waals surface area contributed by atoms with Gasteiger partial charge in [-0.3, -0.25) is 9.59 Å². The number of hydrogen-bond acceptors (Lipinski definition) is 2. The summed E-state index contributed by atoms with van der Waals surface area (Å²) >= 11 is 0. The molecule has 1 aromatic carbocycles. The summed E-state index contributed by atoms with van der Waals surface area (Å²) < 4.78 is 0. The van der Waals surface area contributed by atoms with E-state index in [1.54, 1.807) is 0 Å². The SMILES string of the molecule is Cc1cccc(N2C(=O)C3C(C2=O)C2C=CC3C23CC3)c1C. The van der Waals surface area contributed by atoms with Crippen LogP contribution in [0.1, 0.15) is 24.0 Å². The number of allylic oxidation sites excluding steroid dienone is 2. The van der Waals surface area contributed by atoms with E-state index in [0.717, 1.165) is 16.8 Å². The smallest absolute Gasteiger partial charge is 0.238 e. The zero-order valence-electron chi connectivity index (χ0n) is 12.9. The number of nitrogens with zero attached hydrogens (tertiary/aromatic N) is 1. The largest absolute Gasteiger partial charge is 0.274 e. The van der Waals surface area contributed by atoms with E-state index in [-0.39, 0.29) is 29.1 Å². The predicted octanol–water partition coefficient (Wildman–Crippen LogP) is 3.01. The highest BCUT2D eigenvalue weighted by Gasteiger charge is 2.73. The van der Waals surface area contributed by atoms with Gasteiger partial charge in [-0.25, -0.2) is 4.90 Å². The normalized spacial score (nSPS) is 36.5. The van der Waals surface area contributed by atoms with E-state index in [9.17, 15) is 9.59 Å². The van der Waals surface area contributed by atoms with E-state index in [4.69, 9.17) is 0 Å². The number of rotatable bonds is 1. The van der Waals surface area contributed by atoms with Gasteiger partial charge in [-0.05, 0) is 61.1 Å². The molecule has 1 heterocycles. The van der Waals surface area contributed by atoms with Gasteiger partial charge < -0.3 is 0 Å². The molecule has 3 heteroatoms. The fourth-order valence-corrected chi connectivity index (χ4v) is 5.29. The molecule has 1 spiro atoms. The number of carbonyl (C=O) groups is 2. The van der Waals surface area contributed by atoms with Gasteiger partial charge >= 0.3 is 0 Å². The van der Waals surface area contributed by atoms with Crippen LogP contribution in [0.25, 0.3) is 0 Å². The van der Waals surface area contributed by atoms with Crippen LogP contribution in [-0.4, -0.2) is 11.8 Å². The summed E-state index contributed by atoms with van der Waals surface area (Å²) in [7, 11) is 0. The van der Waals surface area contributed by atoms with Crippen molar-refractivity contribution >= 4 is 17.5 Å². The molecular formula is C19H19NO2. The van der Waals surface area contributed by atoms with Crippen LogP contribution in [0, 0.1) is 42.9 Å². The van der Waals surface area contributed by atoms with Crippen LogP contribution in [0.15, 0.2) is 30.4 Å². The zero-order valence-corrected chi connectivity index (χ0v) is 12.9. The van der Waals surface area contributed by atoms with Crippen molar-refractivity contribution in [3.63, 3.8) is 0 Å². The highest BCUT2D eigenvalue weighted by molar-refractivity contribution is 6.23. The van der Waals surface area contributed by atoms with Gasteiger partial charge in [0.2, 0.25) is 11.8 Å². The van der Waals surface area contributed by atoms with Crippen molar-refractivity contribution in [3.05, 3.63) is 41.5 Å². The average Bonchev–Trinajstić information content (AvgIpc) is 3.09. The van der Waals surface area contributed by atoms with Crippen molar-refractivity contribution in [2.45, 2.75) is 26.7 Å². The molecule has 3 nitrogen and oxygen atoms in total. The fourth-order valence-electron chi connectivity index (χ4n) is 5.29. The first kappa shape index (κ1) is 12.6. The first-order chi connectivity index (χ1) is 10.6. The Bertz CT molecular complexity index is 725. The lowest BCUT2D eigenvalue weighted by Crippen LogP contribution is -2.35. The second kappa shape index (κ2) is 3.70. The first-order valence-corrected chi connectivity index (χ1v) is 8.18. The summed E-state index contributed by atoms with van der Waals surface area (Å²) in [5.41, 5.74) is 3.21. The van der Waals surface area contributed by atoms with Crippen LogP contribution in [0.3, 0.4) is 0 Å². The minimum absolute atomic E-state index is 0.0341. The molecule has 0 N–H and O–H groups in total. The lowest BCUT2D eigenvalue weighted by atomic mass is 9.85. The van der Waals surface area contributed by atoms with Crippen molar-refractivity contribution < 1.29 is 9.59 Å². The van der Waals surface area contributed by atoms with Crippen molar-refractivity contribution in [1.29, 1.82) is 0 Å². The number of anilines is 1. The maximum absolute atomic E-state index is 13.0. The molecule has 1 saturated heterocycles. The Labute approximate surface area is 130 Å². The van der Waals surface area contributed by atoms with Crippen LogP contribution < -0.4 is 4.90 Å². The molecule has 4 unspecified atom stereocenters. The molecule has 0 aromatic heterocycles. The predicted molar refractivity (Wildman–Crippen MR) is 83.2 cm³/mol. The number of carbonyl (C=O) groups excluding carboxylic acids is 2. The van der Waals surface area contributed by atoms with Gasteiger partial charge in [0.05, 0.1) is 17.5 Å². The van der Waals surface area contributed by atoms with Crippen molar-refractivity contribution in [2.75, 3.05) is 4.90 Å². The summed E-state index contributed by atoms with van der Waals surface area (Å²) in [6, 6.07) is 5.86. The Morgan fingerprint density at radius 3 is 2.14 bits per heavy atom. The third-order valence-electron chi connectivity index (χ3n) is 6.67. The maximum Gasteiger partial charge on any atom is 0.238 e. The molecule has 4 aliphatic rings. The number of amides is 2. The topological polar surface area (TPSA) is 37.4 Å². The van der Waals surface area contributed by atoms with E-state index in [1.165, 1.54) is 17.7 Å². The highest BCUT2D eigenvalue weighted by atomic mass is 16.2. The molecule has 2 saturated carbocycles. The van der Waals surface area contributed by atoms with E-state index in [1.807, 2.05) is 32.0 Å². The quantitative estimate of drug-likeness (QED) is 0.589. The molecular weight excluding hydrogens is 274 g/mol. The fraction of sp³-hybridized carbons (Fsp3) is 0.474. The molecule has 1 aliphatic heterocycles. The van der Waals surface area contributed by atoms with Crippen LogP contribution in [0.4, 0.5) is 5.69 Å². The van der Waals surface area contributed by atoms with Crippen molar-refractivity contribution in [3.8, 4) is 0 Å². The summed E-state index contributed by atoms with van der Waals surface area (Å²) in [6.07, 6.45) is 6.81. The van der Waals surface area contributed by atoms with Gasteiger partial charge in [-0.15, -0.1) is 0 Å². The van der Waals surface area contributed by atoms with Gasteiger partial charge in [0.15, 0.2) is 0 Å². The van der Waals surface area contributed by atoms with Crippen LogP contribution in [-0.2, 0) is 9.59 Å². The molecule has 5 rings (SSSR count). The summed E-state index contributed by atoms with van der Waals surface area (Å²) in [4.78, 5) is 27.6. The molecule has 0 radical (unpaired) electrons. The number of fused-ring (bicyclic) bond motifs is 3. The molecule has 112 valence electrons. The molecule has 22 heavy (non-hydrogen) atoms. The first-order valence-electron chi connectivity index (χ1n) is 8.18. The molecule has 3 aliphatic carbocycles. The van der Waals surface area contributed by atoms with E-state index < -0.39 is 0 Å². The van der Waals surface area contributed by atoms with Gasteiger partial charge in [0.1, 0.15) is 0 Å². The Hall–Kier alpha value is -1.90. The Morgan fingerprint density at radius 1 is 1.00 bits per heavy atom. The van der Waals surface area contributed by atoms with Gasteiger partial charge in [-0.2, -0.15) is 0 Å². The van der Waals surface area contributed by atoms with E-state index >= 15 is 0 Å². The van der Waals surface area contributed by atoms with E-state index in [0.29, 0.717) is 11.8 Å². The lowest BCUT2D eigenvalue weighted by Gasteiger charge is -2.23. The van der Waals surface area contributed by atoms with Crippen molar-refractivity contribution in [1.82, 2.24) is 0 Å². The van der Waals surface area contributed by atoms with Crippen LogP contribution in [0.2, 0.25) is 0 Å². The number of imide groups is 1. The number of hydrogen-bond donors (Lipinski definition) is 0. The van der Waals surface area contributed by atoms with Crippen LogP contribution in [0.5, 0.6) is 0 Å². The monoisotopic (exact) mass is 293 g/mol. The summed E-state index contributed by atoms with van der Waals surface area (Å²) in [6.45, 7) is 4.02. The number of aryl methyl sites for hydroxylation is 1. The van der Waals surface area contributed by atoms with Crippen molar-refractivity contribution in [2.24, 2.45) is 29.1 Å². The highest BCUT2D eigenvalue weighted by Crippen LogP contribution is 2.73. The summed E-state index contributed by atoms with van der Waals surface area (Å²) in [5.74, 6) is 0.455. The molecule has 2 bridgehead atoms. The standard InChI is InChI=1S/C19H19NO2/c1-10-4-3-5-14(11(10)2)20-17(21)15-12-6-7-13(16(15)18(20)22)19(12)8-9-19/h3-7,12-13,15-16H,8-9H2,1-2H3. The number of benzene rings is 1. The van der Waals surface area contributed by atoms with Gasteiger partial charge in [0, 0.05) is 0 Å². The lowest BCUT2D eigenvalue weighted by molar-refractivity contribution is -0.123. The molecule has 4 atom stereocenters. The van der Waals surface area contributed by atoms with Crippen LogP contribution >= 0.6 is 0 Å². The minimum atomic E-state index is -0.107. The van der Waals surface area contributed by atoms with E-state index in [2.05, 4.69) is 12.2 Å². The van der Waals surface area contributed by atoms with Gasteiger partial charge in [-0.1, -0.05) is 24.3 Å². The second-order valence-corrected chi connectivity index (χ2v) is 7.45. The van der Waals surface area contributed by atoms with Gasteiger partial charge in [0.25, 0.3) is 0 Å². The second-order valence-electron chi connectivity index (χ2n) is 7.45. The minimum Gasteiger partial charge on any atom is -0.274 e. The molecule has 3 fully saturated rings.